The number of ether oxygens (including phenoxy) is 1. The van der Waals surface area contributed by atoms with E-state index in [0.29, 0.717) is 13.2 Å². The van der Waals surface area contributed by atoms with Gasteiger partial charge in [-0.2, -0.15) is 0 Å². The Morgan fingerprint density at radius 2 is 2.20 bits per heavy atom. The third kappa shape index (κ3) is 6.25. The Hall–Kier alpha value is -1.27. The van der Waals surface area contributed by atoms with E-state index in [0.717, 1.165) is 10.2 Å². The van der Waals surface area contributed by atoms with Crippen LogP contribution in [0.3, 0.4) is 0 Å². The van der Waals surface area contributed by atoms with E-state index in [1.165, 1.54) is 0 Å². The zero-order valence-electron chi connectivity index (χ0n) is 11.7. The summed E-state index contributed by atoms with van der Waals surface area (Å²) >= 11 is 3.36. The van der Waals surface area contributed by atoms with E-state index in [9.17, 15) is 4.79 Å². The van der Waals surface area contributed by atoms with Gasteiger partial charge in [0.05, 0.1) is 6.54 Å². The first-order chi connectivity index (χ1) is 9.52. The monoisotopic (exact) mass is 344 g/mol. The molecule has 5 nitrogen and oxygen atoms in total. The fourth-order valence-electron chi connectivity index (χ4n) is 1.45. The maximum Gasteiger partial charge on any atom is 0.315 e. The van der Waals surface area contributed by atoms with E-state index in [4.69, 9.17) is 9.84 Å². The second kappa shape index (κ2) is 8.81. The van der Waals surface area contributed by atoms with Gasteiger partial charge in [0.2, 0.25) is 0 Å². The number of aliphatic hydroxyl groups excluding tert-OH is 1. The van der Waals surface area contributed by atoms with Crippen molar-refractivity contribution in [1.82, 2.24) is 10.6 Å². The highest BCUT2D eigenvalue weighted by Crippen LogP contribution is 2.17. The van der Waals surface area contributed by atoms with Gasteiger partial charge in [0.1, 0.15) is 12.4 Å². The topological polar surface area (TPSA) is 70.6 Å². The zero-order chi connectivity index (χ0) is 15.0. The Balaban J connectivity index is 2.19. The van der Waals surface area contributed by atoms with Gasteiger partial charge in [-0.05, 0) is 31.0 Å². The lowest BCUT2D eigenvalue weighted by Crippen LogP contribution is -2.45. The molecule has 0 saturated heterocycles. The number of urea groups is 1. The third-order valence-corrected chi connectivity index (χ3v) is 3.45. The summed E-state index contributed by atoms with van der Waals surface area (Å²) in [6, 6.07) is 7.20. The van der Waals surface area contributed by atoms with Crippen LogP contribution in [-0.2, 0) is 0 Å². The maximum atomic E-state index is 11.6. The number of rotatable bonds is 7. The molecule has 112 valence electrons. The van der Waals surface area contributed by atoms with Crippen molar-refractivity contribution in [3.63, 3.8) is 0 Å². The minimum Gasteiger partial charge on any atom is -0.492 e. The standard InChI is InChI=1S/C14H21BrN2O3/c1-10(9-18)11(2)17-14(19)16-6-7-20-13-5-3-4-12(15)8-13/h3-5,8,10-11,18H,6-7,9H2,1-2H3,(H2,16,17,19). The molecule has 20 heavy (non-hydrogen) atoms. The number of amides is 2. The number of nitrogens with one attached hydrogen (secondary N) is 2. The molecule has 2 unspecified atom stereocenters. The first-order valence-electron chi connectivity index (χ1n) is 6.56. The minimum absolute atomic E-state index is 0.0265. The highest BCUT2D eigenvalue weighted by Gasteiger charge is 2.13. The van der Waals surface area contributed by atoms with Crippen molar-refractivity contribution in [3.05, 3.63) is 28.7 Å². The average molecular weight is 345 g/mol. The summed E-state index contributed by atoms with van der Waals surface area (Å²) in [7, 11) is 0. The van der Waals surface area contributed by atoms with Gasteiger partial charge in [-0.3, -0.25) is 0 Å². The van der Waals surface area contributed by atoms with Gasteiger partial charge >= 0.3 is 6.03 Å². The lowest BCUT2D eigenvalue weighted by atomic mass is 10.1. The van der Waals surface area contributed by atoms with E-state index in [1.807, 2.05) is 38.1 Å². The molecule has 1 rings (SSSR count). The highest BCUT2D eigenvalue weighted by molar-refractivity contribution is 9.10. The lowest BCUT2D eigenvalue weighted by Gasteiger charge is -2.19. The fourth-order valence-corrected chi connectivity index (χ4v) is 1.83. The molecule has 0 aliphatic heterocycles. The molecular weight excluding hydrogens is 324 g/mol. The first-order valence-corrected chi connectivity index (χ1v) is 7.36. The largest absolute Gasteiger partial charge is 0.492 e. The van der Waals surface area contributed by atoms with Gasteiger partial charge in [-0.1, -0.05) is 28.9 Å². The molecule has 0 radical (unpaired) electrons. The zero-order valence-corrected chi connectivity index (χ0v) is 13.3. The summed E-state index contributed by atoms with van der Waals surface area (Å²) < 4.78 is 6.45. The molecule has 0 fully saturated rings. The van der Waals surface area contributed by atoms with E-state index in [1.54, 1.807) is 0 Å². The van der Waals surface area contributed by atoms with Crippen molar-refractivity contribution in [2.24, 2.45) is 5.92 Å². The summed E-state index contributed by atoms with van der Waals surface area (Å²) in [5.74, 6) is 0.780. The van der Waals surface area contributed by atoms with Crippen molar-refractivity contribution in [1.29, 1.82) is 0 Å². The molecule has 1 aromatic rings. The third-order valence-electron chi connectivity index (χ3n) is 2.95. The summed E-state index contributed by atoms with van der Waals surface area (Å²) in [4.78, 5) is 11.6. The number of carbonyl (C=O) groups is 1. The van der Waals surface area contributed by atoms with Crippen molar-refractivity contribution in [2.45, 2.75) is 19.9 Å². The minimum atomic E-state index is -0.254. The van der Waals surface area contributed by atoms with Crippen LogP contribution in [0.5, 0.6) is 5.75 Å². The van der Waals surface area contributed by atoms with Gasteiger partial charge in [0.25, 0.3) is 0 Å². The van der Waals surface area contributed by atoms with Crippen LogP contribution in [0, 0.1) is 5.92 Å². The van der Waals surface area contributed by atoms with Crippen molar-refractivity contribution >= 4 is 22.0 Å². The van der Waals surface area contributed by atoms with Crippen LogP contribution in [0.25, 0.3) is 0 Å². The number of carbonyl (C=O) groups excluding carboxylic acids is 1. The molecule has 0 aliphatic carbocycles. The molecular formula is C14H21BrN2O3. The quantitative estimate of drug-likeness (QED) is 0.663. The van der Waals surface area contributed by atoms with Gasteiger partial charge in [0.15, 0.2) is 0 Å². The second-order valence-electron chi connectivity index (χ2n) is 4.65. The number of hydrogen-bond donors (Lipinski definition) is 3. The van der Waals surface area contributed by atoms with Crippen LogP contribution in [0.15, 0.2) is 28.7 Å². The molecule has 2 atom stereocenters. The molecule has 0 aliphatic rings. The molecule has 6 heteroatoms. The Bertz CT molecular complexity index is 429. The molecule has 1 aromatic carbocycles. The molecule has 2 amide bonds. The van der Waals surface area contributed by atoms with Crippen LogP contribution in [0.2, 0.25) is 0 Å². The summed E-state index contributed by atoms with van der Waals surface area (Å²) in [6.07, 6.45) is 0. The molecule has 0 bridgehead atoms. The molecule has 0 saturated carbocycles. The molecule has 3 N–H and O–H groups in total. The van der Waals surface area contributed by atoms with Gasteiger partial charge < -0.3 is 20.5 Å². The Morgan fingerprint density at radius 1 is 1.45 bits per heavy atom. The van der Waals surface area contributed by atoms with E-state index in [-0.39, 0.29) is 24.6 Å². The number of benzene rings is 1. The smallest absolute Gasteiger partial charge is 0.315 e. The summed E-state index contributed by atoms with van der Waals surface area (Å²) in [6.45, 7) is 4.60. The maximum absolute atomic E-state index is 11.6. The van der Waals surface area contributed by atoms with Crippen LogP contribution in [0.1, 0.15) is 13.8 Å². The second-order valence-corrected chi connectivity index (χ2v) is 5.57. The number of hydrogen-bond acceptors (Lipinski definition) is 3. The lowest BCUT2D eigenvalue weighted by molar-refractivity contribution is 0.199. The van der Waals surface area contributed by atoms with Gasteiger partial charge in [-0.15, -0.1) is 0 Å². The predicted octanol–water partition coefficient (Wildman–Crippen LogP) is 2.14. The van der Waals surface area contributed by atoms with E-state index in [2.05, 4.69) is 26.6 Å². The Kier molecular flexibility index (Phi) is 7.40. The van der Waals surface area contributed by atoms with E-state index < -0.39 is 0 Å². The summed E-state index contributed by atoms with van der Waals surface area (Å²) in [5.41, 5.74) is 0. The van der Waals surface area contributed by atoms with E-state index >= 15 is 0 Å². The molecule has 0 spiro atoms. The molecule has 0 heterocycles. The molecule has 0 aromatic heterocycles. The fraction of sp³-hybridized carbons (Fsp3) is 0.500. The number of halogens is 1. The van der Waals surface area contributed by atoms with Crippen molar-refractivity contribution in [2.75, 3.05) is 19.8 Å². The van der Waals surface area contributed by atoms with Crippen LogP contribution >= 0.6 is 15.9 Å². The van der Waals surface area contributed by atoms with Crippen LogP contribution < -0.4 is 15.4 Å². The SMILES string of the molecule is CC(CO)C(C)NC(=O)NCCOc1cccc(Br)c1. The average Bonchev–Trinajstić information content (AvgIpc) is 2.42. The van der Waals surface area contributed by atoms with Gasteiger partial charge in [-0.25, -0.2) is 4.79 Å². The summed E-state index contributed by atoms with van der Waals surface area (Å²) in [5, 5.41) is 14.5. The first kappa shape index (κ1) is 16.8. The van der Waals surface area contributed by atoms with Crippen LogP contribution in [-0.4, -0.2) is 36.9 Å². The highest BCUT2D eigenvalue weighted by atomic mass is 79.9. The van der Waals surface area contributed by atoms with Crippen molar-refractivity contribution in [3.8, 4) is 5.75 Å². The normalized spacial score (nSPS) is 13.4. The van der Waals surface area contributed by atoms with Gasteiger partial charge in [0, 0.05) is 17.1 Å². The number of aliphatic hydroxyl groups is 1. The van der Waals surface area contributed by atoms with Crippen LogP contribution in [0.4, 0.5) is 4.79 Å². The Morgan fingerprint density at radius 3 is 2.85 bits per heavy atom. The predicted molar refractivity (Wildman–Crippen MR) is 81.9 cm³/mol. The van der Waals surface area contributed by atoms with Crippen molar-refractivity contribution < 1.29 is 14.6 Å². The Labute approximate surface area is 127 Å².